The Bertz CT molecular complexity index is 154. The first-order valence-electron chi connectivity index (χ1n) is 2.00. The van der Waals surface area contributed by atoms with E-state index in [0.29, 0.717) is 0 Å². The molecule has 0 saturated carbocycles. The second-order valence-corrected chi connectivity index (χ2v) is 1.80. The summed E-state index contributed by atoms with van der Waals surface area (Å²) in [6.45, 7) is 0. The maximum absolute atomic E-state index is 5.05. The van der Waals surface area contributed by atoms with Gasteiger partial charge in [0.15, 0.2) is 0 Å². The second-order valence-electron chi connectivity index (χ2n) is 1.02. The molecule has 4 N–H and O–H groups in total. The Kier molecular flexibility index (Phi) is 4.51. The zero-order chi connectivity index (χ0) is 7.98. The van der Waals surface area contributed by atoms with Gasteiger partial charge in [-0.2, -0.15) is 0 Å². The third kappa shape index (κ3) is 7.12. The molecule has 0 saturated heterocycles. The highest BCUT2D eigenvalue weighted by Crippen LogP contribution is 1.83. The van der Waals surface area contributed by atoms with E-state index in [-0.39, 0.29) is 10.6 Å². The Morgan fingerprint density at radius 3 is 1.40 bits per heavy atom. The largest absolute Gasteiger partial charge is 0.373 e. The number of hydrogen-bond donors (Lipinski definition) is 2. The molecule has 0 atom stereocenters. The van der Waals surface area contributed by atoms with Crippen LogP contribution < -0.4 is 11.5 Å². The number of nitrogens with zero attached hydrogens (tertiary/aromatic N) is 4. The molecule has 10 heavy (non-hydrogen) atoms. The third-order valence-electron chi connectivity index (χ3n) is 0.321. The van der Waals surface area contributed by atoms with Gasteiger partial charge < -0.3 is 11.5 Å². The number of amidine groups is 2. The van der Waals surface area contributed by atoms with Crippen LogP contribution in [0.25, 0.3) is 0 Å². The van der Waals surface area contributed by atoms with Crippen molar-refractivity contribution in [2.24, 2.45) is 32.1 Å². The Hall–Kier alpha value is -0.880. The van der Waals surface area contributed by atoms with Gasteiger partial charge in [0.1, 0.15) is 0 Å². The molecule has 0 bridgehead atoms. The van der Waals surface area contributed by atoms with Gasteiger partial charge in [0.05, 0.1) is 0 Å². The first-order chi connectivity index (χ1) is 4.63. The number of rotatable bonds is 2. The summed E-state index contributed by atoms with van der Waals surface area (Å²) >= 11 is 10.1. The van der Waals surface area contributed by atoms with Gasteiger partial charge in [-0.25, -0.2) is 0 Å². The molecule has 0 spiro atoms. The minimum absolute atomic E-state index is 0.243. The predicted molar refractivity (Wildman–Crippen MR) is 39.8 cm³/mol. The van der Waals surface area contributed by atoms with E-state index < -0.39 is 0 Å². The van der Waals surface area contributed by atoms with E-state index in [2.05, 4.69) is 20.6 Å². The van der Waals surface area contributed by atoms with Crippen LogP contribution in [-0.2, 0) is 0 Å². The summed E-state index contributed by atoms with van der Waals surface area (Å²) in [5, 5.41) is 11.7. The highest BCUT2D eigenvalue weighted by molar-refractivity contribution is 6.64. The van der Waals surface area contributed by atoms with Gasteiger partial charge in [0.25, 0.3) is 0 Å². The van der Waals surface area contributed by atoms with Crippen LogP contribution in [0.3, 0.4) is 0 Å². The molecule has 8 heteroatoms. The fraction of sp³-hybridized carbons (Fsp3) is 0. The minimum atomic E-state index is -0.243. The maximum Gasteiger partial charge on any atom is 0.216 e. The van der Waals surface area contributed by atoms with E-state index in [9.17, 15) is 0 Å². The van der Waals surface area contributed by atoms with Crippen molar-refractivity contribution in [1.82, 2.24) is 0 Å². The molecule has 0 aromatic heterocycles. The van der Waals surface area contributed by atoms with Crippen LogP contribution in [-0.4, -0.2) is 10.6 Å². The van der Waals surface area contributed by atoms with Gasteiger partial charge in [-0.3, -0.25) is 0 Å². The van der Waals surface area contributed by atoms with Crippen LogP contribution in [0, 0.1) is 0 Å². The molecule has 6 nitrogen and oxygen atoms in total. The molecule has 0 aliphatic rings. The summed E-state index contributed by atoms with van der Waals surface area (Å²) in [6.07, 6.45) is 0. The Morgan fingerprint density at radius 2 is 1.20 bits per heavy atom. The Balaban J connectivity index is 3.80. The average Bonchev–Trinajstić information content (AvgIpc) is 1.79. The van der Waals surface area contributed by atoms with Crippen molar-refractivity contribution in [3.8, 4) is 0 Å². The molecular formula is C2H4Cl2N6. The molecule has 0 amide bonds. The van der Waals surface area contributed by atoms with Crippen molar-refractivity contribution in [3.05, 3.63) is 0 Å². The lowest BCUT2D eigenvalue weighted by Crippen LogP contribution is -2.00. The monoisotopic (exact) mass is 182 g/mol. The normalized spacial score (nSPS) is 14.6. The van der Waals surface area contributed by atoms with Gasteiger partial charge in [0.2, 0.25) is 10.6 Å². The van der Waals surface area contributed by atoms with Gasteiger partial charge >= 0.3 is 0 Å². The zero-order valence-corrected chi connectivity index (χ0v) is 6.21. The fourth-order valence-electron chi connectivity index (χ4n) is 0.125. The molecule has 56 valence electrons. The molecule has 0 aromatic carbocycles. The van der Waals surface area contributed by atoms with Gasteiger partial charge in [0, 0.05) is 0 Å². The third-order valence-corrected chi connectivity index (χ3v) is 0.472. The predicted octanol–water partition coefficient (Wildman–Crippen LogP) is 0.376. The van der Waals surface area contributed by atoms with Gasteiger partial charge in [-0.05, 0) is 33.6 Å². The van der Waals surface area contributed by atoms with Crippen LogP contribution in [0.2, 0.25) is 0 Å². The van der Waals surface area contributed by atoms with E-state index in [1.165, 1.54) is 0 Å². The van der Waals surface area contributed by atoms with Gasteiger partial charge in [-0.1, -0.05) is 10.2 Å². The molecule has 0 radical (unpaired) electrons. The molecule has 0 aliphatic carbocycles. The van der Waals surface area contributed by atoms with Crippen molar-refractivity contribution >= 4 is 33.8 Å². The summed E-state index contributed by atoms with van der Waals surface area (Å²) in [6, 6.07) is 0. The summed E-state index contributed by atoms with van der Waals surface area (Å²) in [5.74, 6) is 0. The quantitative estimate of drug-likeness (QED) is 0.212. The first kappa shape index (κ1) is 9.12. The molecule has 0 aliphatic heterocycles. The van der Waals surface area contributed by atoms with Crippen LogP contribution in [0.1, 0.15) is 0 Å². The number of hydrogen-bond acceptors (Lipinski definition) is 2. The summed E-state index contributed by atoms with van der Waals surface area (Å²) < 4.78 is 0. The molecule has 0 fully saturated rings. The lowest BCUT2D eigenvalue weighted by Gasteiger charge is -1.77. The Labute approximate surface area is 66.6 Å². The van der Waals surface area contributed by atoms with Crippen LogP contribution in [0.5, 0.6) is 0 Å². The summed E-state index contributed by atoms with van der Waals surface area (Å²) in [7, 11) is 0. The van der Waals surface area contributed by atoms with Crippen LogP contribution in [0.15, 0.2) is 20.6 Å². The van der Waals surface area contributed by atoms with Crippen LogP contribution >= 0.6 is 23.2 Å². The van der Waals surface area contributed by atoms with E-state index in [1.807, 2.05) is 0 Å². The van der Waals surface area contributed by atoms with E-state index in [4.69, 9.17) is 34.7 Å². The fourth-order valence-corrected chi connectivity index (χ4v) is 0.193. The molecular weight excluding hydrogens is 179 g/mol. The summed E-state index contributed by atoms with van der Waals surface area (Å²) in [4.78, 5) is 0. The van der Waals surface area contributed by atoms with Gasteiger partial charge in [-0.15, -0.1) is 0 Å². The number of nitrogens with two attached hydrogens (primary N) is 2. The highest BCUT2D eigenvalue weighted by Gasteiger charge is 1.77. The van der Waals surface area contributed by atoms with E-state index in [0.717, 1.165) is 0 Å². The lowest BCUT2D eigenvalue weighted by molar-refractivity contribution is 0.958. The Morgan fingerprint density at radius 1 is 0.900 bits per heavy atom. The lowest BCUT2D eigenvalue weighted by atomic mass is 11.4. The standard InChI is InChI=1S/C2H4Cl2N6/c3-1(5)7-9-10-8-2(4)6/h(H2,5,7,10)(H2,6,8,9). The van der Waals surface area contributed by atoms with Crippen LogP contribution in [0.4, 0.5) is 0 Å². The first-order valence-corrected chi connectivity index (χ1v) is 2.76. The van der Waals surface area contributed by atoms with E-state index >= 15 is 0 Å². The van der Waals surface area contributed by atoms with Crippen molar-refractivity contribution in [3.63, 3.8) is 0 Å². The molecule has 0 rings (SSSR count). The smallest absolute Gasteiger partial charge is 0.216 e. The molecule has 0 heterocycles. The average molecular weight is 183 g/mol. The highest BCUT2D eigenvalue weighted by atomic mass is 35.5. The minimum Gasteiger partial charge on any atom is -0.373 e. The molecule has 0 aromatic rings. The second kappa shape index (κ2) is 4.95. The zero-order valence-electron chi connectivity index (χ0n) is 4.70. The van der Waals surface area contributed by atoms with Crippen molar-refractivity contribution in [2.45, 2.75) is 0 Å². The maximum atomic E-state index is 5.05. The molecule has 0 unspecified atom stereocenters. The topological polar surface area (TPSA) is 101 Å². The van der Waals surface area contributed by atoms with Crippen molar-refractivity contribution < 1.29 is 0 Å². The van der Waals surface area contributed by atoms with Crippen molar-refractivity contribution in [2.75, 3.05) is 0 Å². The summed E-state index contributed by atoms with van der Waals surface area (Å²) in [5.41, 5.74) is 9.72. The number of halogens is 2. The van der Waals surface area contributed by atoms with Crippen molar-refractivity contribution in [1.29, 1.82) is 0 Å². The SMILES string of the molecule is NC(Cl)=N/N=N/N=C(N)Cl. The van der Waals surface area contributed by atoms with E-state index in [1.54, 1.807) is 0 Å².